The molecule has 0 spiro atoms. The van der Waals surface area contributed by atoms with E-state index in [1.165, 1.54) is 0 Å². The van der Waals surface area contributed by atoms with Crippen LogP contribution in [0.1, 0.15) is 0 Å². The van der Waals surface area contributed by atoms with Crippen LogP contribution in [0.25, 0.3) is 10.6 Å². The lowest BCUT2D eigenvalue weighted by Crippen LogP contribution is -1.78. The first-order valence-electron chi connectivity index (χ1n) is 3.56. The summed E-state index contributed by atoms with van der Waals surface area (Å²) in [7, 11) is 0. The summed E-state index contributed by atoms with van der Waals surface area (Å²) in [6, 6.07) is 7.23. The van der Waals surface area contributed by atoms with Gasteiger partial charge in [-0.25, -0.2) is 0 Å². The van der Waals surface area contributed by atoms with Crippen LogP contribution in [0.15, 0.2) is 35.8 Å². The molecule has 0 atom stereocenters. The zero-order valence-corrected chi connectivity index (χ0v) is 7.08. The van der Waals surface area contributed by atoms with Gasteiger partial charge in [-0.05, 0) is 23.6 Å². The first-order chi connectivity index (χ1) is 5.88. The zero-order chi connectivity index (χ0) is 8.39. The molecule has 0 unspecified atom stereocenters. The molecule has 2 aromatic heterocycles. The molecular weight excluding hydrogens is 170 g/mol. The average Bonchev–Trinajstić information content (AvgIpc) is 2.57. The molecule has 1 N–H and O–H groups in total. The highest BCUT2D eigenvalue weighted by Crippen LogP contribution is 2.29. The van der Waals surface area contributed by atoms with Crippen molar-refractivity contribution in [3.8, 4) is 16.3 Å². The predicted octanol–water partition coefficient (Wildman–Crippen LogP) is 2.52. The highest BCUT2D eigenvalue weighted by atomic mass is 32.1. The van der Waals surface area contributed by atoms with Gasteiger partial charge in [-0.3, -0.25) is 4.98 Å². The predicted molar refractivity (Wildman–Crippen MR) is 49.2 cm³/mol. The number of hydrogen-bond acceptors (Lipinski definition) is 3. The molecule has 2 heterocycles. The van der Waals surface area contributed by atoms with Crippen molar-refractivity contribution in [1.29, 1.82) is 0 Å². The molecule has 0 saturated heterocycles. The maximum atomic E-state index is 9.43. The Hall–Kier alpha value is -1.35. The van der Waals surface area contributed by atoms with Crippen molar-refractivity contribution in [2.45, 2.75) is 0 Å². The lowest BCUT2D eigenvalue weighted by Gasteiger charge is -1.97. The molecule has 0 aliphatic heterocycles. The van der Waals surface area contributed by atoms with Gasteiger partial charge >= 0.3 is 0 Å². The summed E-state index contributed by atoms with van der Waals surface area (Å²) < 4.78 is 0. The van der Waals surface area contributed by atoms with Gasteiger partial charge in [-0.2, -0.15) is 0 Å². The van der Waals surface area contributed by atoms with Crippen LogP contribution >= 0.6 is 11.3 Å². The Labute approximate surface area is 74.1 Å². The Bertz CT molecular complexity index is 370. The summed E-state index contributed by atoms with van der Waals surface area (Å²) in [5.41, 5.74) is 0.660. The molecule has 0 aromatic carbocycles. The average molecular weight is 177 g/mol. The van der Waals surface area contributed by atoms with Gasteiger partial charge < -0.3 is 5.11 Å². The van der Waals surface area contributed by atoms with Crippen LogP contribution in [0.5, 0.6) is 5.75 Å². The fourth-order valence-electron chi connectivity index (χ4n) is 1.000. The monoisotopic (exact) mass is 177 g/mol. The molecule has 2 rings (SSSR count). The van der Waals surface area contributed by atoms with E-state index in [1.54, 1.807) is 29.7 Å². The summed E-state index contributed by atoms with van der Waals surface area (Å²) in [4.78, 5) is 5.07. The number of aromatic nitrogens is 1. The molecule has 60 valence electrons. The van der Waals surface area contributed by atoms with Crippen LogP contribution in [0.3, 0.4) is 0 Å². The first-order valence-corrected chi connectivity index (χ1v) is 4.44. The van der Waals surface area contributed by atoms with Gasteiger partial charge in [-0.1, -0.05) is 6.07 Å². The largest absolute Gasteiger partial charge is 0.506 e. The van der Waals surface area contributed by atoms with E-state index >= 15 is 0 Å². The SMILES string of the molecule is Oc1cccnc1-c1cccs1. The van der Waals surface area contributed by atoms with Crippen LogP contribution in [0.4, 0.5) is 0 Å². The summed E-state index contributed by atoms with van der Waals surface area (Å²) >= 11 is 1.57. The lowest BCUT2D eigenvalue weighted by molar-refractivity contribution is 0.475. The Morgan fingerprint density at radius 2 is 2.17 bits per heavy atom. The molecule has 3 heteroatoms. The number of hydrogen-bond donors (Lipinski definition) is 1. The number of nitrogens with zero attached hydrogens (tertiary/aromatic N) is 1. The minimum Gasteiger partial charge on any atom is -0.506 e. The number of rotatable bonds is 1. The fourth-order valence-corrected chi connectivity index (χ4v) is 1.73. The summed E-state index contributed by atoms with van der Waals surface area (Å²) in [6.07, 6.45) is 1.68. The third kappa shape index (κ3) is 1.19. The van der Waals surface area contributed by atoms with E-state index in [-0.39, 0.29) is 5.75 Å². The molecular formula is C9H7NOS. The van der Waals surface area contributed by atoms with E-state index in [0.717, 1.165) is 4.88 Å². The third-order valence-electron chi connectivity index (χ3n) is 1.54. The standard InChI is InChI=1S/C9H7NOS/c11-7-3-1-5-10-9(7)8-4-2-6-12-8/h1-6,11H. The molecule has 0 aliphatic rings. The van der Waals surface area contributed by atoms with Gasteiger partial charge in [0.1, 0.15) is 11.4 Å². The summed E-state index contributed by atoms with van der Waals surface area (Å²) in [5.74, 6) is 0.236. The normalized spacial score (nSPS) is 10.0. The smallest absolute Gasteiger partial charge is 0.142 e. The molecule has 2 nitrogen and oxygen atoms in total. The van der Waals surface area contributed by atoms with Crippen molar-refractivity contribution in [3.63, 3.8) is 0 Å². The second kappa shape index (κ2) is 2.95. The van der Waals surface area contributed by atoms with Crippen molar-refractivity contribution in [2.24, 2.45) is 0 Å². The van der Waals surface area contributed by atoms with Gasteiger partial charge in [0.15, 0.2) is 0 Å². The maximum absolute atomic E-state index is 9.43. The quantitative estimate of drug-likeness (QED) is 0.726. The van der Waals surface area contributed by atoms with Crippen molar-refractivity contribution < 1.29 is 5.11 Å². The van der Waals surface area contributed by atoms with Crippen molar-refractivity contribution in [1.82, 2.24) is 4.98 Å². The van der Waals surface area contributed by atoms with E-state index in [9.17, 15) is 5.11 Å². The van der Waals surface area contributed by atoms with E-state index in [4.69, 9.17) is 0 Å². The van der Waals surface area contributed by atoms with Crippen molar-refractivity contribution in [2.75, 3.05) is 0 Å². The second-order valence-corrected chi connectivity index (χ2v) is 3.30. The highest BCUT2D eigenvalue weighted by Gasteiger charge is 2.04. The van der Waals surface area contributed by atoms with E-state index in [2.05, 4.69) is 4.98 Å². The van der Waals surface area contributed by atoms with Crippen LogP contribution in [-0.2, 0) is 0 Å². The van der Waals surface area contributed by atoms with Crippen LogP contribution in [-0.4, -0.2) is 10.1 Å². The van der Waals surface area contributed by atoms with Gasteiger partial charge in [0.05, 0.1) is 4.88 Å². The summed E-state index contributed by atoms with van der Waals surface area (Å²) in [6.45, 7) is 0. The second-order valence-electron chi connectivity index (χ2n) is 2.35. The third-order valence-corrected chi connectivity index (χ3v) is 2.42. The number of pyridine rings is 1. The number of thiophene rings is 1. The maximum Gasteiger partial charge on any atom is 0.142 e. The molecule has 0 bridgehead atoms. The minimum absolute atomic E-state index is 0.236. The van der Waals surface area contributed by atoms with Crippen LogP contribution in [0, 0.1) is 0 Å². The van der Waals surface area contributed by atoms with E-state index in [1.807, 2.05) is 17.5 Å². The zero-order valence-electron chi connectivity index (χ0n) is 6.27. The molecule has 2 aromatic rings. The minimum atomic E-state index is 0.236. The molecule has 12 heavy (non-hydrogen) atoms. The summed E-state index contributed by atoms with van der Waals surface area (Å²) in [5, 5.41) is 11.4. The van der Waals surface area contributed by atoms with Crippen molar-refractivity contribution >= 4 is 11.3 Å². The highest BCUT2D eigenvalue weighted by molar-refractivity contribution is 7.13. The van der Waals surface area contributed by atoms with Gasteiger partial charge in [-0.15, -0.1) is 11.3 Å². The fraction of sp³-hybridized carbons (Fsp3) is 0. The van der Waals surface area contributed by atoms with E-state index < -0.39 is 0 Å². The first kappa shape index (κ1) is 7.31. The Kier molecular flexibility index (Phi) is 1.80. The Morgan fingerprint density at radius 1 is 1.25 bits per heavy atom. The molecule has 0 fully saturated rings. The Balaban J connectivity index is 2.55. The molecule has 0 amide bonds. The van der Waals surface area contributed by atoms with E-state index in [0.29, 0.717) is 5.69 Å². The van der Waals surface area contributed by atoms with Gasteiger partial charge in [0, 0.05) is 6.20 Å². The topological polar surface area (TPSA) is 33.1 Å². The van der Waals surface area contributed by atoms with Gasteiger partial charge in [0.2, 0.25) is 0 Å². The molecule has 0 radical (unpaired) electrons. The Morgan fingerprint density at radius 3 is 2.83 bits per heavy atom. The van der Waals surface area contributed by atoms with Crippen molar-refractivity contribution in [3.05, 3.63) is 35.8 Å². The van der Waals surface area contributed by atoms with Crippen LogP contribution in [0.2, 0.25) is 0 Å². The lowest BCUT2D eigenvalue weighted by atomic mass is 10.3. The van der Waals surface area contributed by atoms with Crippen LogP contribution < -0.4 is 0 Å². The molecule has 0 aliphatic carbocycles. The number of aromatic hydroxyl groups is 1. The van der Waals surface area contributed by atoms with Gasteiger partial charge in [0.25, 0.3) is 0 Å². The molecule has 0 saturated carbocycles.